The fourth-order valence-electron chi connectivity index (χ4n) is 2.63. The van der Waals surface area contributed by atoms with E-state index in [4.69, 9.17) is 5.26 Å². The van der Waals surface area contributed by atoms with Gasteiger partial charge in [-0.25, -0.2) is 4.98 Å². The third-order valence-corrected chi connectivity index (χ3v) is 3.70. The van der Waals surface area contributed by atoms with E-state index >= 15 is 0 Å². The Labute approximate surface area is 111 Å². The van der Waals surface area contributed by atoms with Gasteiger partial charge in [-0.1, -0.05) is 12.8 Å². The minimum atomic E-state index is -0.546. The van der Waals surface area contributed by atoms with Gasteiger partial charge < -0.3 is 5.32 Å². The summed E-state index contributed by atoms with van der Waals surface area (Å²) in [6.45, 7) is 2.01. The average molecular weight is 260 g/mol. The number of pyridine rings is 1. The van der Waals surface area contributed by atoms with Gasteiger partial charge in [0.2, 0.25) is 5.82 Å². The van der Waals surface area contributed by atoms with Crippen LogP contribution < -0.4 is 5.32 Å². The van der Waals surface area contributed by atoms with Crippen molar-refractivity contribution in [2.24, 2.45) is 5.92 Å². The second kappa shape index (κ2) is 5.65. The van der Waals surface area contributed by atoms with E-state index in [1.165, 1.54) is 25.1 Å². The molecule has 6 heteroatoms. The van der Waals surface area contributed by atoms with Crippen molar-refractivity contribution in [1.29, 1.82) is 5.26 Å². The first-order chi connectivity index (χ1) is 9.13. The van der Waals surface area contributed by atoms with Crippen LogP contribution in [-0.2, 0) is 0 Å². The maximum absolute atomic E-state index is 11.1. The van der Waals surface area contributed by atoms with Crippen molar-refractivity contribution in [3.05, 3.63) is 27.9 Å². The van der Waals surface area contributed by atoms with Crippen LogP contribution in [0.3, 0.4) is 0 Å². The highest BCUT2D eigenvalue weighted by molar-refractivity contribution is 5.64. The van der Waals surface area contributed by atoms with Crippen LogP contribution in [0, 0.1) is 27.4 Å². The molecule has 0 saturated heterocycles. The molecule has 19 heavy (non-hydrogen) atoms. The smallest absolute Gasteiger partial charge is 0.328 e. The zero-order valence-corrected chi connectivity index (χ0v) is 10.8. The zero-order chi connectivity index (χ0) is 13.8. The molecule has 1 N–H and O–H groups in total. The number of nitrogens with one attached hydrogen (secondary N) is 1. The van der Waals surface area contributed by atoms with Gasteiger partial charge in [0.1, 0.15) is 11.6 Å². The van der Waals surface area contributed by atoms with Crippen molar-refractivity contribution in [3.8, 4) is 6.07 Å². The van der Waals surface area contributed by atoms with Crippen molar-refractivity contribution in [3.63, 3.8) is 0 Å². The van der Waals surface area contributed by atoms with Gasteiger partial charge in [0.25, 0.3) is 0 Å². The van der Waals surface area contributed by atoms with Crippen molar-refractivity contribution in [2.75, 3.05) is 5.32 Å². The maximum Gasteiger partial charge on any atom is 0.328 e. The van der Waals surface area contributed by atoms with E-state index in [9.17, 15) is 10.1 Å². The Morgan fingerprint density at radius 3 is 2.84 bits per heavy atom. The van der Waals surface area contributed by atoms with Gasteiger partial charge in [-0.05, 0) is 31.7 Å². The fourth-order valence-corrected chi connectivity index (χ4v) is 2.63. The number of rotatable bonds is 4. The quantitative estimate of drug-likeness (QED) is 0.663. The van der Waals surface area contributed by atoms with E-state index in [-0.39, 0.29) is 23.1 Å². The zero-order valence-electron chi connectivity index (χ0n) is 10.8. The van der Waals surface area contributed by atoms with E-state index in [2.05, 4.69) is 10.3 Å². The van der Waals surface area contributed by atoms with Crippen LogP contribution >= 0.6 is 0 Å². The highest BCUT2D eigenvalue weighted by Crippen LogP contribution is 2.31. The van der Waals surface area contributed by atoms with Gasteiger partial charge in [0.15, 0.2) is 0 Å². The number of aromatic nitrogens is 1. The molecule has 1 saturated carbocycles. The first kappa shape index (κ1) is 13.3. The molecule has 1 unspecified atom stereocenters. The molecule has 0 amide bonds. The standard InChI is InChI=1S/C13H16N4O2/c1-9(10-4-2-3-5-10)16-13-12(17(18)19)11(8-14)6-7-15-13/h6-7,9-10H,2-5H2,1H3,(H,15,16). The lowest BCUT2D eigenvalue weighted by molar-refractivity contribution is -0.384. The number of hydrogen-bond donors (Lipinski definition) is 1. The summed E-state index contributed by atoms with van der Waals surface area (Å²) in [5, 5.41) is 23.1. The molecule has 1 aromatic heterocycles. The Hall–Kier alpha value is -2.16. The molecule has 0 radical (unpaired) electrons. The Balaban J connectivity index is 2.24. The van der Waals surface area contributed by atoms with E-state index in [1.54, 1.807) is 0 Å². The summed E-state index contributed by atoms with van der Waals surface area (Å²) < 4.78 is 0. The fraction of sp³-hybridized carbons (Fsp3) is 0.538. The van der Waals surface area contributed by atoms with Gasteiger partial charge in [-0.2, -0.15) is 5.26 Å². The summed E-state index contributed by atoms with van der Waals surface area (Å²) >= 11 is 0. The molecule has 1 atom stereocenters. The molecule has 1 aliphatic rings. The summed E-state index contributed by atoms with van der Waals surface area (Å²) in [4.78, 5) is 14.5. The number of hydrogen-bond acceptors (Lipinski definition) is 5. The summed E-state index contributed by atoms with van der Waals surface area (Å²) in [6.07, 6.45) is 6.13. The summed E-state index contributed by atoms with van der Waals surface area (Å²) in [5.74, 6) is 0.718. The molecule has 6 nitrogen and oxygen atoms in total. The van der Waals surface area contributed by atoms with Crippen LogP contribution in [0.2, 0.25) is 0 Å². The van der Waals surface area contributed by atoms with Crippen molar-refractivity contribution >= 4 is 11.5 Å². The molecule has 1 heterocycles. The molecular weight excluding hydrogens is 244 g/mol. The normalized spacial score (nSPS) is 16.8. The first-order valence-electron chi connectivity index (χ1n) is 6.43. The molecule has 0 spiro atoms. The van der Waals surface area contributed by atoms with Crippen LogP contribution in [0.1, 0.15) is 38.2 Å². The molecule has 1 fully saturated rings. The molecule has 0 aliphatic heterocycles. The van der Waals surface area contributed by atoms with Gasteiger partial charge in [0.05, 0.1) is 4.92 Å². The second-order valence-electron chi connectivity index (χ2n) is 4.90. The summed E-state index contributed by atoms with van der Waals surface area (Å²) in [5.41, 5.74) is -0.184. The predicted octanol–water partition coefficient (Wildman–Crippen LogP) is 2.85. The van der Waals surface area contributed by atoms with Gasteiger partial charge in [-0.15, -0.1) is 0 Å². The van der Waals surface area contributed by atoms with Crippen molar-refractivity contribution in [1.82, 2.24) is 4.98 Å². The largest absolute Gasteiger partial charge is 0.362 e. The third-order valence-electron chi connectivity index (χ3n) is 3.70. The van der Waals surface area contributed by atoms with Crippen LogP contribution in [0.4, 0.5) is 11.5 Å². The Kier molecular flexibility index (Phi) is 3.95. The lowest BCUT2D eigenvalue weighted by atomic mass is 10.00. The van der Waals surface area contributed by atoms with Crippen molar-refractivity contribution < 1.29 is 4.92 Å². The van der Waals surface area contributed by atoms with Crippen molar-refractivity contribution in [2.45, 2.75) is 38.6 Å². The highest BCUT2D eigenvalue weighted by Gasteiger charge is 2.26. The number of nitrogens with zero attached hydrogens (tertiary/aromatic N) is 3. The Morgan fingerprint density at radius 1 is 1.58 bits per heavy atom. The van der Waals surface area contributed by atoms with E-state index in [0.29, 0.717) is 5.92 Å². The Morgan fingerprint density at radius 2 is 2.26 bits per heavy atom. The van der Waals surface area contributed by atoms with E-state index < -0.39 is 4.92 Å². The summed E-state index contributed by atoms with van der Waals surface area (Å²) in [6, 6.07) is 3.33. The second-order valence-corrected chi connectivity index (χ2v) is 4.90. The third kappa shape index (κ3) is 2.81. The molecule has 0 bridgehead atoms. The Bertz CT molecular complexity index is 518. The van der Waals surface area contributed by atoms with E-state index in [0.717, 1.165) is 12.8 Å². The molecular formula is C13H16N4O2. The lowest BCUT2D eigenvalue weighted by Gasteiger charge is -2.20. The van der Waals surface area contributed by atoms with Gasteiger partial charge >= 0.3 is 5.69 Å². The number of anilines is 1. The topological polar surface area (TPSA) is 91.8 Å². The van der Waals surface area contributed by atoms with Crippen LogP contribution in [0.25, 0.3) is 0 Å². The van der Waals surface area contributed by atoms with E-state index in [1.807, 2.05) is 13.0 Å². The lowest BCUT2D eigenvalue weighted by Crippen LogP contribution is -2.25. The minimum absolute atomic E-state index is 0.0427. The molecule has 1 aromatic rings. The summed E-state index contributed by atoms with van der Waals surface area (Å²) in [7, 11) is 0. The van der Waals surface area contributed by atoms with Gasteiger partial charge in [-0.3, -0.25) is 10.1 Å². The molecule has 1 aliphatic carbocycles. The van der Waals surface area contributed by atoms with Gasteiger partial charge in [0, 0.05) is 12.2 Å². The van der Waals surface area contributed by atoms with Crippen LogP contribution in [0.5, 0.6) is 0 Å². The SMILES string of the molecule is CC(Nc1nccc(C#N)c1[N+](=O)[O-])C1CCCC1. The first-order valence-corrected chi connectivity index (χ1v) is 6.43. The minimum Gasteiger partial charge on any atom is -0.362 e. The number of nitriles is 1. The highest BCUT2D eigenvalue weighted by atomic mass is 16.6. The van der Waals surface area contributed by atoms with Crippen LogP contribution in [0.15, 0.2) is 12.3 Å². The molecule has 100 valence electrons. The maximum atomic E-state index is 11.1. The molecule has 0 aromatic carbocycles. The average Bonchev–Trinajstić information content (AvgIpc) is 2.92. The number of nitro groups is 1. The van der Waals surface area contributed by atoms with Crippen LogP contribution in [-0.4, -0.2) is 15.9 Å². The monoisotopic (exact) mass is 260 g/mol. The predicted molar refractivity (Wildman–Crippen MR) is 70.6 cm³/mol. The molecule has 2 rings (SSSR count).